The summed E-state index contributed by atoms with van der Waals surface area (Å²) in [5, 5.41) is 4.82. The molecule has 1 atom stereocenters. The zero-order valence-corrected chi connectivity index (χ0v) is 24.9. The number of ether oxygens (including phenoxy) is 1. The van der Waals surface area contributed by atoms with Crippen molar-refractivity contribution in [1.29, 1.82) is 0 Å². The summed E-state index contributed by atoms with van der Waals surface area (Å²) in [5.74, 6) is 1.36. The fourth-order valence-electron chi connectivity index (χ4n) is 5.76. The molecule has 0 bridgehead atoms. The monoisotopic (exact) mass is 568 g/mol. The normalized spacial score (nSPS) is 19.9. The standard InChI is InChI=1S/C33H40N6O3/c1-32(2,3)33(14-6-9-26(18-33)30(34)41)28-10-11-29(40)39(37-28)21-24-7-5-8-25(17-24)31-35-19-27(20-36-31)42-22-23-12-15-38(4)16-13-23/h5-11,14,17,19-20,23H,12-13,15-16,18,21-22H2,1-4H3,(H2,34,41). The Kier molecular flexibility index (Phi) is 8.41. The van der Waals surface area contributed by atoms with Crippen LogP contribution in [0.5, 0.6) is 5.75 Å². The number of piperidine rings is 1. The van der Waals surface area contributed by atoms with Crippen LogP contribution in [-0.4, -0.2) is 57.3 Å². The lowest BCUT2D eigenvalue weighted by Gasteiger charge is -2.44. The molecule has 1 unspecified atom stereocenters. The fourth-order valence-corrected chi connectivity index (χ4v) is 5.76. The van der Waals surface area contributed by atoms with Gasteiger partial charge in [0.1, 0.15) is 0 Å². The van der Waals surface area contributed by atoms with Crippen molar-refractivity contribution < 1.29 is 9.53 Å². The van der Waals surface area contributed by atoms with E-state index in [0.717, 1.165) is 37.1 Å². The molecule has 3 heterocycles. The predicted molar refractivity (Wildman–Crippen MR) is 163 cm³/mol. The van der Waals surface area contributed by atoms with Gasteiger partial charge in [-0.15, -0.1) is 0 Å². The van der Waals surface area contributed by atoms with E-state index in [2.05, 4.69) is 48.8 Å². The third-order valence-electron chi connectivity index (χ3n) is 8.60. The Balaban J connectivity index is 1.33. The maximum atomic E-state index is 12.9. The number of benzene rings is 1. The topological polar surface area (TPSA) is 116 Å². The number of nitrogens with two attached hydrogens (primary N) is 1. The van der Waals surface area contributed by atoms with Crippen molar-refractivity contribution in [1.82, 2.24) is 24.6 Å². The number of primary amides is 1. The van der Waals surface area contributed by atoms with Crippen LogP contribution in [0.1, 0.15) is 51.3 Å². The van der Waals surface area contributed by atoms with Gasteiger partial charge in [-0.2, -0.15) is 5.10 Å². The summed E-state index contributed by atoms with van der Waals surface area (Å²) in [7, 11) is 2.15. The van der Waals surface area contributed by atoms with E-state index in [1.165, 1.54) is 4.68 Å². The van der Waals surface area contributed by atoms with E-state index in [1.807, 2.05) is 30.3 Å². The number of likely N-dealkylation sites (tertiary alicyclic amines) is 1. The number of amides is 1. The zero-order chi connectivity index (χ0) is 29.9. The molecule has 1 aromatic carbocycles. The van der Waals surface area contributed by atoms with Gasteiger partial charge in [-0.25, -0.2) is 14.6 Å². The quantitative estimate of drug-likeness (QED) is 0.434. The van der Waals surface area contributed by atoms with E-state index in [4.69, 9.17) is 15.6 Å². The average molecular weight is 569 g/mol. The number of allylic oxidation sites excluding steroid dienone is 3. The molecule has 5 rings (SSSR count). The van der Waals surface area contributed by atoms with Crippen molar-refractivity contribution in [2.75, 3.05) is 26.7 Å². The molecule has 9 nitrogen and oxygen atoms in total. The van der Waals surface area contributed by atoms with E-state index in [-0.39, 0.29) is 17.5 Å². The molecule has 1 fully saturated rings. The lowest BCUT2D eigenvalue weighted by molar-refractivity contribution is -0.114. The first-order chi connectivity index (χ1) is 20.0. The first-order valence-electron chi connectivity index (χ1n) is 14.5. The minimum absolute atomic E-state index is 0.207. The molecule has 1 saturated heterocycles. The third kappa shape index (κ3) is 6.36. The van der Waals surface area contributed by atoms with Gasteiger partial charge >= 0.3 is 0 Å². The summed E-state index contributed by atoms with van der Waals surface area (Å²) in [4.78, 5) is 36.4. The Hall–Kier alpha value is -4.11. The largest absolute Gasteiger partial charge is 0.490 e. The van der Waals surface area contributed by atoms with Gasteiger partial charge in [0.25, 0.3) is 5.56 Å². The highest BCUT2D eigenvalue weighted by atomic mass is 16.5. The van der Waals surface area contributed by atoms with Crippen molar-refractivity contribution in [2.24, 2.45) is 17.1 Å². The summed E-state index contributed by atoms with van der Waals surface area (Å²) in [6, 6.07) is 11.1. The molecule has 1 aliphatic heterocycles. The summed E-state index contributed by atoms with van der Waals surface area (Å²) in [6.07, 6.45) is 11.8. The Morgan fingerprint density at radius 1 is 1.12 bits per heavy atom. The summed E-state index contributed by atoms with van der Waals surface area (Å²) in [6.45, 7) is 9.48. The van der Waals surface area contributed by atoms with Gasteiger partial charge in [0, 0.05) is 22.6 Å². The van der Waals surface area contributed by atoms with E-state index in [9.17, 15) is 9.59 Å². The van der Waals surface area contributed by atoms with Gasteiger partial charge < -0.3 is 15.4 Å². The number of rotatable bonds is 8. The zero-order valence-electron chi connectivity index (χ0n) is 24.9. The Morgan fingerprint density at radius 2 is 1.86 bits per heavy atom. The number of carbonyl (C=O) groups excluding carboxylic acids is 1. The molecule has 2 N–H and O–H groups in total. The van der Waals surface area contributed by atoms with Crippen LogP contribution in [0.3, 0.4) is 0 Å². The number of carbonyl (C=O) groups is 1. The van der Waals surface area contributed by atoms with Crippen LogP contribution in [0.15, 0.2) is 77.4 Å². The van der Waals surface area contributed by atoms with Crippen LogP contribution in [0, 0.1) is 11.3 Å². The highest BCUT2D eigenvalue weighted by Crippen LogP contribution is 2.47. The molecule has 2 aliphatic rings. The average Bonchev–Trinajstić information content (AvgIpc) is 2.98. The van der Waals surface area contributed by atoms with E-state index >= 15 is 0 Å². The van der Waals surface area contributed by atoms with Gasteiger partial charge in [0.15, 0.2) is 11.6 Å². The first-order valence-corrected chi connectivity index (χ1v) is 14.5. The molecule has 0 radical (unpaired) electrons. The number of aromatic nitrogens is 4. The van der Waals surface area contributed by atoms with Crippen molar-refractivity contribution in [3.63, 3.8) is 0 Å². The molecule has 0 saturated carbocycles. The lowest BCUT2D eigenvalue weighted by atomic mass is 9.60. The Bertz CT molecular complexity index is 1540. The smallest absolute Gasteiger partial charge is 0.267 e. The van der Waals surface area contributed by atoms with Crippen molar-refractivity contribution >= 4 is 5.91 Å². The molecule has 3 aromatic rings. The molecule has 1 amide bonds. The molecule has 1 aliphatic carbocycles. The second-order valence-electron chi connectivity index (χ2n) is 12.5. The molecule has 220 valence electrons. The van der Waals surface area contributed by atoms with E-state index < -0.39 is 11.3 Å². The molecule has 9 heteroatoms. The molecule has 0 spiro atoms. The van der Waals surface area contributed by atoms with Crippen LogP contribution in [-0.2, 0) is 16.8 Å². The van der Waals surface area contributed by atoms with E-state index in [1.54, 1.807) is 30.6 Å². The number of hydrogen-bond donors (Lipinski definition) is 1. The van der Waals surface area contributed by atoms with Crippen LogP contribution in [0.4, 0.5) is 0 Å². The summed E-state index contributed by atoms with van der Waals surface area (Å²) >= 11 is 0. The Labute approximate surface area is 247 Å². The minimum Gasteiger partial charge on any atom is -0.490 e. The lowest BCUT2D eigenvalue weighted by Crippen LogP contribution is -2.43. The maximum absolute atomic E-state index is 12.9. The van der Waals surface area contributed by atoms with Gasteiger partial charge in [0.05, 0.1) is 31.2 Å². The predicted octanol–water partition coefficient (Wildman–Crippen LogP) is 4.12. The fraction of sp³-hybridized carbons (Fsp3) is 0.424. The maximum Gasteiger partial charge on any atom is 0.267 e. The highest BCUT2D eigenvalue weighted by molar-refractivity contribution is 5.93. The second-order valence-corrected chi connectivity index (χ2v) is 12.5. The third-order valence-corrected chi connectivity index (χ3v) is 8.60. The van der Waals surface area contributed by atoms with Crippen molar-refractivity contribution in [3.8, 4) is 17.1 Å². The molecule has 42 heavy (non-hydrogen) atoms. The van der Waals surface area contributed by atoms with Crippen LogP contribution in [0.2, 0.25) is 0 Å². The Morgan fingerprint density at radius 3 is 2.55 bits per heavy atom. The van der Waals surface area contributed by atoms with Gasteiger partial charge in [-0.1, -0.05) is 57.2 Å². The SMILES string of the molecule is CN1CCC(COc2cnc(-c3cccc(Cn4nc(C5(C(C)(C)C)C=CC=C(C(N)=O)C5)ccc4=O)c3)nc2)CC1. The van der Waals surface area contributed by atoms with Crippen LogP contribution in [0.25, 0.3) is 11.4 Å². The highest BCUT2D eigenvalue weighted by Gasteiger charge is 2.45. The van der Waals surface area contributed by atoms with Gasteiger partial charge in [-0.05, 0) is 68.4 Å². The number of hydrogen-bond acceptors (Lipinski definition) is 7. The van der Waals surface area contributed by atoms with E-state index in [0.29, 0.717) is 41.8 Å². The van der Waals surface area contributed by atoms with Gasteiger partial charge in [0.2, 0.25) is 5.91 Å². The number of nitrogens with zero attached hydrogens (tertiary/aromatic N) is 5. The molecular formula is C33H40N6O3. The molecular weight excluding hydrogens is 528 g/mol. The first kappa shape index (κ1) is 29.4. The van der Waals surface area contributed by atoms with Crippen LogP contribution < -0.4 is 16.0 Å². The summed E-state index contributed by atoms with van der Waals surface area (Å²) < 4.78 is 7.45. The summed E-state index contributed by atoms with van der Waals surface area (Å²) in [5.41, 5.74) is 7.54. The van der Waals surface area contributed by atoms with Crippen molar-refractivity contribution in [3.05, 3.63) is 94.2 Å². The van der Waals surface area contributed by atoms with Crippen molar-refractivity contribution in [2.45, 2.75) is 52.0 Å². The van der Waals surface area contributed by atoms with Crippen LogP contribution >= 0.6 is 0 Å². The van der Waals surface area contributed by atoms with Gasteiger partial charge in [-0.3, -0.25) is 9.59 Å². The second kappa shape index (κ2) is 12.0. The molecule has 2 aromatic heterocycles. The minimum atomic E-state index is -0.603.